The van der Waals surface area contributed by atoms with Crippen LogP contribution in [0.3, 0.4) is 0 Å². The van der Waals surface area contributed by atoms with Crippen molar-refractivity contribution in [3.8, 4) is 0 Å². The zero-order valence-electron chi connectivity index (χ0n) is 6.21. The SMILES string of the molecule is C=C/C=C\C(=C)NCC(=O)O. The van der Waals surface area contributed by atoms with Crippen molar-refractivity contribution in [3.05, 3.63) is 37.1 Å². The lowest BCUT2D eigenvalue weighted by atomic mass is 10.4. The summed E-state index contributed by atoms with van der Waals surface area (Å²) in [6, 6.07) is 0. The first-order valence-corrected chi connectivity index (χ1v) is 3.10. The molecule has 0 rings (SSSR count). The predicted octanol–water partition coefficient (Wildman–Crippen LogP) is 0.916. The summed E-state index contributed by atoms with van der Waals surface area (Å²) >= 11 is 0. The van der Waals surface area contributed by atoms with E-state index in [9.17, 15) is 4.79 Å². The number of carbonyl (C=O) groups is 1. The van der Waals surface area contributed by atoms with E-state index in [4.69, 9.17) is 5.11 Å². The Bertz CT molecular complexity index is 194. The van der Waals surface area contributed by atoms with Crippen LogP contribution in [-0.4, -0.2) is 17.6 Å². The number of rotatable bonds is 5. The van der Waals surface area contributed by atoms with E-state index < -0.39 is 5.97 Å². The van der Waals surface area contributed by atoms with Crippen LogP contribution >= 0.6 is 0 Å². The van der Waals surface area contributed by atoms with Crippen LogP contribution in [-0.2, 0) is 4.79 Å². The van der Waals surface area contributed by atoms with Gasteiger partial charge in [-0.15, -0.1) is 0 Å². The lowest BCUT2D eigenvalue weighted by Crippen LogP contribution is -2.20. The molecule has 0 saturated carbocycles. The van der Waals surface area contributed by atoms with Crippen molar-refractivity contribution < 1.29 is 9.90 Å². The smallest absolute Gasteiger partial charge is 0.322 e. The van der Waals surface area contributed by atoms with Gasteiger partial charge in [-0.1, -0.05) is 25.3 Å². The second-order valence-electron chi connectivity index (χ2n) is 1.87. The molecule has 0 unspecified atom stereocenters. The molecular formula is C8H11NO2. The van der Waals surface area contributed by atoms with Crippen molar-refractivity contribution in [1.29, 1.82) is 0 Å². The molecule has 0 aliphatic carbocycles. The summed E-state index contributed by atoms with van der Waals surface area (Å²) in [5.41, 5.74) is 0.562. The number of hydrogen-bond acceptors (Lipinski definition) is 2. The molecule has 11 heavy (non-hydrogen) atoms. The van der Waals surface area contributed by atoms with Crippen molar-refractivity contribution in [2.75, 3.05) is 6.54 Å². The molecule has 0 aromatic heterocycles. The first-order chi connectivity index (χ1) is 5.16. The number of aliphatic carboxylic acids is 1. The summed E-state index contributed by atoms with van der Waals surface area (Å²) in [6.45, 7) is 6.90. The quantitative estimate of drug-likeness (QED) is 0.577. The van der Waals surface area contributed by atoms with Crippen LogP contribution < -0.4 is 5.32 Å². The summed E-state index contributed by atoms with van der Waals surface area (Å²) < 4.78 is 0. The Balaban J connectivity index is 3.61. The van der Waals surface area contributed by atoms with Gasteiger partial charge in [0.15, 0.2) is 0 Å². The van der Waals surface area contributed by atoms with Gasteiger partial charge in [-0.05, 0) is 6.08 Å². The average Bonchev–Trinajstić information content (AvgIpc) is 1.97. The first kappa shape index (κ1) is 9.49. The van der Waals surface area contributed by atoms with Gasteiger partial charge in [0.25, 0.3) is 0 Å². The second-order valence-corrected chi connectivity index (χ2v) is 1.87. The Morgan fingerprint density at radius 2 is 2.27 bits per heavy atom. The number of carboxylic acid groups (broad SMARTS) is 1. The largest absolute Gasteiger partial charge is 0.480 e. The van der Waals surface area contributed by atoms with Crippen LogP contribution in [0.15, 0.2) is 37.1 Å². The normalized spacial score (nSPS) is 9.45. The molecule has 0 aromatic carbocycles. The maximum absolute atomic E-state index is 10.0. The fraction of sp³-hybridized carbons (Fsp3) is 0.125. The Hall–Kier alpha value is -1.51. The molecule has 0 aliphatic heterocycles. The molecule has 0 amide bonds. The van der Waals surface area contributed by atoms with Gasteiger partial charge in [-0.3, -0.25) is 4.79 Å². The summed E-state index contributed by atoms with van der Waals surface area (Å²) in [4.78, 5) is 10.0. The van der Waals surface area contributed by atoms with Crippen LogP contribution in [0.4, 0.5) is 0 Å². The molecule has 0 aliphatic rings. The standard InChI is InChI=1S/C8H11NO2/c1-3-4-5-7(2)9-6-8(10)11/h3-5,9H,1-2,6H2,(H,10,11)/b5-4-. The molecule has 0 spiro atoms. The molecule has 0 aromatic rings. The topological polar surface area (TPSA) is 49.3 Å². The van der Waals surface area contributed by atoms with E-state index in [1.165, 1.54) is 0 Å². The van der Waals surface area contributed by atoms with Crippen LogP contribution in [0.1, 0.15) is 0 Å². The maximum atomic E-state index is 10.0. The first-order valence-electron chi connectivity index (χ1n) is 3.10. The third-order valence-electron chi connectivity index (χ3n) is 0.900. The van der Waals surface area contributed by atoms with Crippen molar-refractivity contribution in [3.63, 3.8) is 0 Å². The van der Waals surface area contributed by atoms with Gasteiger partial charge < -0.3 is 10.4 Å². The highest BCUT2D eigenvalue weighted by molar-refractivity contribution is 5.69. The minimum atomic E-state index is -0.904. The maximum Gasteiger partial charge on any atom is 0.322 e. The Morgan fingerprint density at radius 1 is 1.64 bits per heavy atom. The molecule has 0 heterocycles. The highest BCUT2D eigenvalue weighted by Gasteiger charge is 1.93. The monoisotopic (exact) mass is 153 g/mol. The summed E-state index contributed by atoms with van der Waals surface area (Å²) in [5, 5.41) is 10.8. The van der Waals surface area contributed by atoms with Gasteiger partial charge in [0.1, 0.15) is 6.54 Å². The highest BCUT2D eigenvalue weighted by Crippen LogP contribution is 1.85. The van der Waals surface area contributed by atoms with E-state index in [-0.39, 0.29) is 6.54 Å². The van der Waals surface area contributed by atoms with Gasteiger partial charge in [-0.25, -0.2) is 0 Å². The molecular weight excluding hydrogens is 142 g/mol. The molecule has 60 valence electrons. The van der Waals surface area contributed by atoms with Gasteiger partial charge in [0, 0.05) is 5.70 Å². The minimum Gasteiger partial charge on any atom is -0.480 e. The van der Waals surface area contributed by atoms with E-state index >= 15 is 0 Å². The van der Waals surface area contributed by atoms with Crippen molar-refractivity contribution in [2.45, 2.75) is 0 Å². The molecule has 3 heteroatoms. The molecule has 0 bridgehead atoms. The number of allylic oxidation sites excluding steroid dienone is 3. The lowest BCUT2D eigenvalue weighted by Gasteiger charge is -1.99. The van der Waals surface area contributed by atoms with E-state index in [1.807, 2.05) is 0 Å². The van der Waals surface area contributed by atoms with Crippen molar-refractivity contribution >= 4 is 5.97 Å². The van der Waals surface area contributed by atoms with E-state index in [0.29, 0.717) is 5.70 Å². The van der Waals surface area contributed by atoms with E-state index in [0.717, 1.165) is 0 Å². The van der Waals surface area contributed by atoms with Crippen molar-refractivity contribution in [1.82, 2.24) is 5.32 Å². The summed E-state index contributed by atoms with van der Waals surface area (Å²) in [6.07, 6.45) is 4.92. The van der Waals surface area contributed by atoms with Gasteiger partial charge in [0.2, 0.25) is 0 Å². The van der Waals surface area contributed by atoms with Crippen LogP contribution in [0, 0.1) is 0 Å². The number of nitrogens with one attached hydrogen (secondary N) is 1. The predicted molar refractivity (Wildman–Crippen MR) is 44.1 cm³/mol. The Labute approximate surface area is 65.7 Å². The minimum absolute atomic E-state index is 0.111. The van der Waals surface area contributed by atoms with Crippen molar-refractivity contribution in [2.24, 2.45) is 0 Å². The van der Waals surface area contributed by atoms with Crippen LogP contribution in [0.2, 0.25) is 0 Å². The molecule has 2 N–H and O–H groups in total. The molecule has 0 fully saturated rings. The lowest BCUT2D eigenvalue weighted by molar-refractivity contribution is -0.135. The average molecular weight is 153 g/mol. The third kappa shape index (κ3) is 6.37. The zero-order chi connectivity index (χ0) is 8.69. The van der Waals surface area contributed by atoms with Gasteiger partial charge in [0.05, 0.1) is 0 Å². The van der Waals surface area contributed by atoms with E-state index in [2.05, 4.69) is 18.5 Å². The summed E-state index contributed by atoms with van der Waals surface area (Å²) in [5.74, 6) is -0.904. The fourth-order valence-electron chi connectivity index (χ4n) is 0.432. The molecule has 0 atom stereocenters. The Morgan fingerprint density at radius 3 is 2.73 bits per heavy atom. The third-order valence-corrected chi connectivity index (χ3v) is 0.900. The molecule has 0 saturated heterocycles. The van der Waals surface area contributed by atoms with E-state index in [1.54, 1.807) is 18.2 Å². The van der Waals surface area contributed by atoms with Gasteiger partial charge in [-0.2, -0.15) is 0 Å². The second kappa shape index (κ2) is 5.29. The molecule has 3 nitrogen and oxygen atoms in total. The van der Waals surface area contributed by atoms with Crippen LogP contribution in [0.5, 0.6) is 0 Å². The van der Waals surface area contributed by atoms with Gasteiger partial charge >= 0.3 is 5.97 Å². The molecule has 0 radical (unpaired) electrons. The number of hydrogen-bond donors (Lipinski definition) is 2. The number of carboxylic acids is 1. The Kier molecular flexibility index (Phi) is 4.56. The highest BCUT2D eigenvalue weighted by atomic mass is 16.4. The summed E-state index contributed by atoms with van der Waals surface area (Å²) in [7, 11) is 0. The zero-order valence-corrected chi connectivity index (χ0v) is 6.21. The van der Waals surface area contributed by atoms with Crippen LogP contribution in [0.25, 0.3) is 0 Å². The fourth-order valence-corrected chi connectivity index (χ4v) is 0.432.